The van der Waals surface area contributed by atoms with E-state index in [1.54, 1.807) is 11.3 Å². The highest BCUT2D eigenvalue weighted by atomic mass is 32.2. The first-order valence-corrected chi connectivity index (χ1v) is 9.84. The van der Waals surface area contributed by atoms with Crippen LogP contribution < -0.4 is 5.32 Å². The molecule has 0 aromatic carbocycles. The van der Waals surface area contributed by atoms with Gasteiger partial charge >= 0.3 is 0 Å². The summed E-state index contributed by atoms with van der Waals surface area (Å²) in [5.74, 6) is 0. The third-order valence-electron chi connectivity index (χ3n) is 3.88. The maximum Gasteiger partial charge on any atom is 0.151 e. The first kappa shape index (κ1) is 15.0. The van der Waals surface area contributed by atoms with Crippen molar-refractivity contribution in [3.05, 3.63) is 22.4 Å². The topological polar surface area (TPSA) is 46.2 Å². The predicted octanol–water partition coefficient (Wildman–Crippen LogP) is 3.14. The second-order valence-corrected chi connectivity index (χ2v) is 8.67. The largest absolute Gasteiger partial charge is 0.305 e. The molecule has 1 aliphatic carbocycles. The van der Waals surface area contributed by atoms with E-state index in [0.717, 1.165) is 32.1 Å². The molecule has 1 fully saturated rings. The minimum Gasteiger partial charge on any atom is -0.305 e. The summed E-state index contributed by atoms with van der Waals surface area (Å²) in [6.07, 6.45) is 6.33. The summed E-state index contributed by atoms with van der Waals surface area (Å²) in [5.41, 5.74) is 0. The van der Waals surface area contributed by atoms with E-state index < -0.39 is 9.84 Å². The van der Waals surface area contributed by atoms with Crippen molar-refractivity contribution in [1.29, 1.82) is 0 Å². The van der Waals surface area contributed by atoms with Crippen molar-refractivity contribution in [2.45, 2.75) is 56.4 Å². The third kappa shape index (κ3) is 3.80. The fraction of sp³-hybridized carbons (Fsp3) is 0.714. The number of nitrogens with one attached hydrogen (secondary N) is 1. The molecule has 2 rings (SSSR count). The van der Waals surface area contributed by atoms with E-state index in [9.17, 15) is 8.42 Å². The van der Waals surface area contributed by atoms with Crippen LogP contribution in [-0.2, 0) is 9.84 Å². The molecule has 1 aromatic rings. The van der Waals surface area contributed by atoms with Crippen LogP contribution in [0.25, 0.3) is 0 Å². The molecule has 0 radical (unpaired) electrons. The molecule has 19 heavy (non-hydrogen) atoms. The van der Waals surface area contributed by atoms with Gasteiger partial charge < -0.3 is 5.32 Å². The van der Waals surface area contributed by atoms with E-state index in [-0.39, 0.29) is 11.3 Å². The summed E-state index contributed by atoms with van der Waals surface area (Å²) in [5, 5.41) is 5.49. The van der Waals surface area contributed by atoms with Crippen molar-refractivity contribution in [1.82, 2.24) is 5.32 Å². The van der Waals surface area contributed by atoms with Crippen LogP contribution in [0.2, 0.25) is 0 Å². The van der Waals surface area contributed by atoms with Gasteiger partial charge in [-0.1, -0.05) is 25.8 Å². The van der Waals surface area contributed by atoms with Crippen LogP contribution in [0.4, 0.5) is 0 Å². The van der Waals surface area contributed by atoms with Gasteiger partial charge in [-0.15, -0.1) is 11.3 Å². The quantitative estimate of drug-likeness (QED) is 0.878. The van der Waals surface area contributed by atoms with Gasteiger partial charge in [0.1, 0.15) is 0 Å². The number of hydrogen-bond donors (Lipinski definition) is 1. The summed E-state index contributed by atoms with van der Waals surface area (Å²) < 4.78 is 23.7. The molecule has 1 aliphatic rings. The molecule has 0 saturated heterocycles. The highest BCUT2D eigenvalue weighted by Gasteiger charge is 2.35. The van der Waals surface area contributed by atoms with E-state index >= 15 is 0 Å². The number of hydrogen-bond acceptors (Lipinski definition) is 4. The van der Waals surface area contributed by atoms with Crippen LogP contribution in [0.3, 0.4) is 0 Å². The Labute approximate surface area is 120 Å². The molecule has 0 spiro atoms. The van der Waals surface area contributed by atoms with Gasteiger partial charge in [0.2, 0.25) is 0 Å². The maximum absolute atomic E-state index is 11.8. The lowest BCUT2D eigenvalue weighted by Crippen LogP contribution is -2.41. The molecule has 0 amide bonds. The molecule has 3 atom stereocenters. The first-order chi connectivity index (χ1) is 9.02. The smallest absolute Gasteiger partial charge is 0.151 e. The lowest BCUT2D eigenvalue weighted by atomic mass is 10.1. The van der Waals surface area contributed by atoms with Gasteiger partial charge in [-0.3, -0.25) is 0 Å². The normalized spacial score (nSPS) is 25.6. The number of rotatable bonds is 6. The zero-order valence-corrected chi connectivity index (χ0v) is 13.3. The fourth-order valence-electron chi connectivity index (χ4n) is 2.97. The Balaban J connectivity index is 2.09. The summed E-state index contributed by atoms with van der Waals surface area (Å²) in [4.78, 5) is 1.32. The van der Waals surface area contributed by atoms with E-state index in [2.05, 4.69) is 29.8 Å². The highest BCUT2D eigenvalue weighted by molar-refractivity contribution is 7.91. The molecule has 1 aromatic heterocycles. The van der Waals surface area contributed by atoms with Crippen LogP contribution in [0.15, 0.2) is 17.5 Å². The van der Waals surface area contributed by atoms with Crippen molar-refractivity contribution in [2.75, 3.05) is 6.26 Å². The third-order valence-corrected chi connectivity index (χ3v) is 6.53. The zero-order valence-electron chi connectivity index (χ0n) is 11.6. The second kappa shape index (κ2) is 6.37. The van der Waals surface area contributed by atoms with E-state index in [4.69, 9.17) is 0 Å². The molecule has 3 unspecified atom stereocenters. The van der Waals surface area contributed by atoms with Crippen LogP contribution in [-0.4, -0.2) is 26.0 Å². The van der Waals surface area contributed by atoms with Gasteiger partial charge in [-0.05, 0) is 30.7 Å². The minimum absolute atomic E-state index is 0.119. The highest BCUT2D eigenvalue weighted by Crippen LogP contribution is 2.30. The predicted molar refractivity (Wildman–Crippen MR) is 81.4 cm³/mol. The zero-order chi connectivity index (χ0) is 13.9. The molecule has 108 valence electrons. The molecule has 0 aliphatic heterocycles. The van der Waals surface area contributed by atoms with Gasteiger partial charge in [0, 0.05) is 23.2 Å². The number of sulfone groups is 1. The Hall–Kier alpha value is -0.390. The van der Waals surface area contributed by atoms with Gasteiger partial charge in [0.15, 0.2) is 9.84 Å². The fourth-order valence-corrected chi connectivity index (χ4v) is 5.20. The molecule has 1 saturated carbocycles. The molecular formula is C14H23NO2S2. The van der Waals surface area contributed by atoms with Gasteiger partial charge in [0.05, 0.1) is 5.25 Å². The Morgan fingerprint density at radius 3 is 2.84 bits per heavy atom. The van der Waals surface area contributed by atoms with Crippen LogP contribution >= 0.6 is 11.3 Å². The summed E-state index contributed by atoms with van der Waals surface area (Å²) in [6.45, 7) is 2.17. The average Bonchev–Trinajstić information content (AvgIpc) is 2.98. The Kier molecular flexibility index (Phi) is 5.03. The Morgan fingerprint density at radius 2 is 2.26 bits per heavy atom. The van der Waals surface area contributed by atoms with E-state index in [1.807, 2.05) is 0 Å². The van der Waals surface area contributed by atoms with Crippen molar-refractivity contribution < 1.29 is 8.42 Å². The minimum atomic E-state index is -2.94. The molecule has 1 heterocycles. The van der Waals surface area contributed by atoms with Gasteiger partial charge in [-0.2, -0.15) is 0 Å². The second-order valence-electron chi connectivity index (χ2n) is 5.43. The monoisotopic (exact) mass is 301 g/mol. The lowest BCUT2D eigenvalue weighted by molar-refractivity contribution is 0.419. The van der Waals surface area contributed by atoms with Crippen LogP contribution in [0.1, 0.15) is 49.9 Å². The maximum atomic E-state index is 11.8. The lowest BCUT2D eigenvalue weighted by Gasteiger charge is -2.25. The Morgan fingerprint density at radius 1 is 1.47 bits per heavy atom. The number of thiophene rings is 1. The van der Waals surface area contributed by atoms with Crippen molar-refractivity contribution in [2.24, 2.45) is 0 Å². The van der Waals surface area contributed by atoms with Crippen molar-refractivity contribution in [3.8, 4) is 0 Å². The molecule has 3 nitrogen and oxygen atoms in total. The van der Waals surface area contributed by atoms with E-state index in [1.165, 1.54) is 11.1 Å². The molecule has 5 heteroatoms. The summed E-state index contributed by atoms with van der Waals surface area (Å²) in [6, 6.07) is 4.63. The first-order valence-electron chi connectivity index (χ1n) is 7.00. The van der Waals surface area contributed by atoms with Crippen molar-refractivity contribution in [3.63, 3.8) is 0 Å². The van der Waals surface area contributed by atoms with Crippen LogP contribution in [0.5, 0.6) is 0 Å². The average molecular weight is 301 g/mol. The SMILES string of the molecule is CCCC(NC1CCCC1S(C)(=O)=O)c1cccs1. The van der Waals surface area contributed by atoms with Crippen LogP contribution in [0, 0.1) is 0 Å². The van der Waals surface area contributed by atoms with Gasteiger partial charge in [0.25, 0.3) is 0 Å². The molecular weight excluding hydrogens is 278 g/mol. The van der Waals surface area contributed by atoms with Gasteiger partial charge in [-0.25, -0.2) is 8.42 Å². The molecule has 1 N–H and O–H groups in total. The standard InChI is InChI=1S/C14H23NO2S2/c1-3-6-11(13-8-5-10-18-13)15-12-7-4-9-14(12)19(2,16)17/h5,8,10-12,14-15H,3-4,6-7,9H2,1-2H3. The van der Waals surface area contributed by atoms with Crippen molar-refractivity contribution >= 4 is 21.2 Å². The Bertz CT molecular complexity index is 482. The summed E-state index contributed by atoms with van der Waals surface area (Å²) >= 11 is 1.75. The van der Waals surface area contributed by atoms with E-state index in [0.29, 0.717) is 6.04 Å². The molecule has 0 bridgehead atoms. The summed E-state index contributed by atoms with van der Waals surface area (Å²) in [7, 11) is -2.94.